The highest BCUT2D eigenvalue weighted by Crippen LogP contribution is 2.04. The minimum absolute atomic E-state index is 0.0798. The van der Waals surface area contributed by atoms with Gasteiger partial charge in [0.25, 0.3) is 0 Å². The number of amides is 1. The third kappa shape index (κ3) is 5.46. The van der Waals surface area contributed by atoms with Gasteiger partial charge in [0, 0.05) is 32.9 Å². The first-order valence-electron chi connectivity index (χ1n) is 5.54. The molecule has 0 saturated heterocycles. The van der Waals surface area contributed by atoms with Crippen molar-refractivity contribution in [1.82, 2.24) is 15.4 Å². The molecule has 0 aliphatic heterocycles. The Balaban J connectivity index is 2.10. The summed E-state index contributed by atoms with van der Waals surface area (Å²) in [5.41, 5.74) is 3.96. The van der Waals surface area contributed by atoms with Crippen LogP contribution in [-0.4, -0.2) is 30.0 Å². The lowest BCUT2D eigenvalue weighted by Crippen LogP contribution is -2.35. The van der Waals surface area contributed by atoms with Gasteiger partial charge in [-0.3, -0.25) is 15.2 Å². The highest BCUT2D eigenvalue weighted by Gasteiger charge is 2.01. The fraction of sp³-hybridized carbons (Fsp3) is 0.500. The summed E-state index contributed by atoms with van der Waals surface area (Å²) in [5.74, 6) is 0.0798. The van der Waals surface area contributed by atoms with Gasteiger partial charge >= 0.3 is 0 Å². The molecule has 0 fully saturated rings. The molecule has 4 heteroatoms. The molecule has 0 bridgehead atoms. The molecule has 0 spiro atoms. The largest absolute Gasteiger partial charge is 0.289 e. The van der Waals surface area contributed by atoms with Crippen LogP contribution in [0.15, 0.2) is 24.5 Å². The highest BCUT2D eigenvalue weighted by atomic mass is 16.2. The minimum Gasteiger partial charge on any atom is -0.289 e. The fourth-order valence-electron chi connectivity index (χ4n) is 1.47. The van der Waals surface area contributed by atoms with E-state index >= 15 is 0 Å². The predicted octanol–water partition coefficient (Wildman–Crippen LogP) is 1.39. The molecule has 0 saturated carbocycles. The standard InChI is InChI=1S/C12H19N3O/c1-15(2)14-12(16)8-4-3-6-11-7-5-9-13-10-11/h5,7,9-10H,3-4,6,8H2,1-2H3,(H,14,16). The zero-order chi connectivity index (χ0) is 11.8. The molecule has 1 aromatic rings. The van der Waals surface area contributed by atoms with Crippen LogP contribution in [0.1, 0.15) is 24.8 Å². The SMILES string of the molecule is CN(C)NC(=O)CCCCc1cccnc1. The van der Waals surface area contributed by atoms with E-state index in [-0.39, 0.29) is 5.91 Å². The van der Waals surface area contributed by atoms with Crippen LogP contribution in [0, 0.1) is 0 Å². The van der Waals surface area contributed by atoms with Crippen LogP contribution in [0.3, 0.4) is 0 Å². The molecule has 1 N–H and O–H groups in total. The van der Waals surface area contributed by atoms with Gasteiger partial charge in [0.05, 0.1) is 0 Å². The summed E-state index contributed by atoms with van der Waals surface area (Å²) in [5, 5.41) is 1.67. The quantitative estimate of drug-likeness (QED) is 0.583. The zero-order valence-electron chi connectivity index (χ0n) is 9.94. The van der Waals surface area contributed by atoms with Gasteiger partial charge in [-0.05, 0) is 30.9 Å². The first-order chi connectivity index (χ1) is 7.68. The molecule has 1 aromatic heterocycles. The number of hydrogen-bond acceptors (Lipinski definition) is 3. The van der Waals surface area contributed by atoms with Crippen LogP contribution in [0.4, 0.5) is 0 Å². The summed E-state index contributed by atoms with van der Waals surface area (Å²) in [6.07, 6.45) is 7.15. The number of unbranched alkanes of at least 4 members (excludes halogenated alkanes) is 1. The average Bonchev–Trinajstić information content (AvgIpc) is 2.25. The van der Waals surface area contributed by atoms with Crippen LogP contribution in [-0.2, 0) is 11.2 Å². The average molecular weight is 221 g/mol. The van der Waals surface area contributed by atoms with Crippen LogP contribution in [0.2, 0.25) is 0 Å². The van der Waals surface area contributed by atoms with Gasteiger partial charge in [0.1, 0.15) is 0 Å². The van der Waals surface area contributed by atoms with Crippen molar-refractivity contribution in [2.45, 2.75) is 25.7 Å². The van der Waals surface area contributed by atoms with E-state index in [1.807, 2.05) is 26.4 Å². The van der Waals surface area contributed by atoms with Crippen molar-refractivity contribution in [3.05, 3.63) is 30.1 Å². The van der Waals surface area contributed by atoms with Crippen molar-refractivity contribution in [2.75, 3.05) is 14.1 Å². The maximum Gasteiger partial charge on any atom is 0.234 e. The monoisotopic (exact) mass is 221 g/mol. The normalized spacial score (nSPS) is 10.4. The van der Waals surface area contributed by atoms with Gasteiger partial charge in [-0.25, -0.2) is 5.01 Å². The molecule has 0 radical (unpaired) electrons. The summed E-state index contributed by atoms with van der Waals surface area (Å²) in [6, 6.07) is 4.00. The zero-order valence-corrected chi connectivity index (χ0v) is 9.94. The summed E-state index contributed by atoms with van der Waals surface area (Å²) in [7, 11) is 3.63. The number of aromatic nitrogens is 1. The maximum absolute atomic E-state index is 11.3. The molecule has 0 aromatic carbocycles. The number of pyridine rings is 1. The van der Waals surface area contributed by atoms with Crippen LogP contribution < -0.4 is 5.43 Å². The Labute approximate surface area is 96.6 Å². The van der Waals surface area contributed by atoms with Crippen LogP contribution >= 0.6 is 0 Å². The van der Waals surface area contributed by atoms with Gasteiger partial charge in [0.2, 0.25) is 5.91 Å². The number of aryl methyl sites for hydroxylation is 1. The number of carbonyl (C=O) groups is 1. The van der Waals surface area contributed by atoms with Gasteiger partial charge in [-0.15, -0.1) is 0 Å². The Bertz CT molecular complexity index is 311. The van der Waals surface area contributed by atoms with E-state index in [1.54, 1.807) is 11.2 Å². The molecule has 0 atom stereocenters. The Morgan fingerprint density at radius 2 is 2.25 bits per heavy atom. The van der Waals surface area contributed by atoms with Crippen molar-refractivity contribution in [2.24, 2.45) is 0 Å². The van der Waals surface area contributed by atoms with Gasteiger partial charge < -0.3 is 0 Å². The van der Waals surface area contributed by atoms with Gasteiger partial charge in [0.15, 0.2) is 0 Å². The lowest BCUT2D eigenvalue weighted by molar-refractivity contribution is -0.124. The first-order valence-corrected chi connectivity index (χ1v) is 5.54. The molecular formula is C12H19N3O. The Hall–Kier alpha value is -1.42. The lowest BCUT2D eigenvalue weighted by Gasteiger charge is -2.11. The van der Waals surface area contributed by atoms with Crippen LogP contribution in [0.25, 0.3) is 0 Å². The maximum atomic E-state index is 11.3. The number of nitrogens with zero attached hydrogens (tertiary/aromatic N) is 2. The third-order valence-electron chi connectivity index (χ3n) is 2.19. The van der Waals surface area contributed by atoms with E-state index in [9.17, 15) is 4.79 Å². The van der Waals surface area contributed by atoms with E-state index in [1.165, 1.54) is 5.56 Å². The molecule has 16 heavy (non-hydrogen) atoms. The highest BCUT2D eigenvalue weighted by molar-refractivity contribution is 5.75. The Morgan fingerprint density at radius 1 is 1.44 bits per heavy atom. The van der Waals surface area contributed by atoms with Crippen LogP contribution in [0.5, 0.6) is 0 Å². The predicted molar refractivity (Wildman–Crippen MR) is 63.6 cm³/mol. The third-order valence-corrected chi connectivity index (χ3v) is 2.19. The summed E-state index contributed by atoms with van der Waals surface area (Å²) in [4.78, 5) is 15.4. The van der Waals surface area contributed by atoms with Crippen molar-refractivity contribution in [3.8, 4) is 0 Å². The van der Waals surface area contributed by atoms with Gasteiger partial charge in [-0.1, -0.05) is 6.07 Å². The fourth-order valence-corrected chi connectivity index (χ4v) is 1.47. The number of rotatable bonds is 6. The van der Waals surface area contributed by atoms with E-state index in [4.69, 9.17) is 0 Å². The number of hydrogen-bond donors (Lipinski definition) is 1. The van der Waals surface area contributed by atoms with E-state index < -0.39 is 0 Å². The van der Waals surface area contributed by atoms with Crippen molar-refractivity contribution in [1.29, 1.82) is 0 Å². The molecule has 0 unspecified atom stereocenters. The van der Waals surface area contributed by atoms with Crippen molar-refractivity contribution in [3.63, 3.8) is 0 Å². The second-order valence-electron chi connectivity index (χ2n) is 4.00. The van der Waals surface area contributed by atoms with Gasteiger partial charge in [-0.2, -0.15) is 0 Å². The van der Waals surface area contributed by atoms with Crippen molar-refractivity contribution < 1.29 is 4.79 Å². The van der Waals surface area contributed by atoms with Crippen molar-refractivity contribution >= 4 is 5.91 Å². The summed E-state index contributed by atoms with van der Waals surface area (Å²) in [6.45, 7) is 0. The summed E-state index contributed by atoms with van der Waals surface area (Å²) >= 11 is 0. The molecule has 4 nitrogen and oxygen atoms in total. The van der Waals surface area contributed by atoms with E-state index in [0.29, 0.717) is 6.42 Å². The number of nitrogens with one attached hydrogen (secondary N) is 1. The first kappa shape index (κ1) is 12.6. The number of carbonyl (C=O) groups excluding carboxylic acids is 1. The molecule has 1 rings (SSSR count). The number of hydrazine groups is 1. The molecule has 0 aliphatic rings. The Morgan fingerprint density at radius 3 is 2.88 bits per heavy atom. The molecule has 0 aliphatic carbocycles. The molecule has 88 valence electrons. The van der Waals surface area contributed by atoms with E-state index in [2.05, 4.69) is 16.5 Å². The van der Waals surface area contributed by atoms with E-state index in [0.717, 1.165) is 19.3 Å². The second kappa shape index (κ2) is 6.95. The molecular weight excluding hydrogens is 202 g/mol. The molecule has 1 amide bonds. The lowest BCUT2D eigenvalue weighted by atomic mass is 10.1. The smallest absolute Gasteiger partial charge is 0.234 e. The minimum atomic E-state index is 0.0798. The summed E-state index contributed by atoms with van der Waals surface area (Å²) < 4.78 is 0. The molecule has 1 heterocycles. The Kier molecular flexibility index (Phi) is 5.50. The second-order valence-corrected chi connectivity index (χ2v) is 4.00. The topological polar surface area (TPSA) is 45.2 Å².